The van der Waals surface area contributed by atoms with Gasteiger partial charge in [0.25, 0.3) is 0 Å². The largest absolute Gasteiger partial charge is 0.342 e. The van der Waals surface area contributed by atoms with Crippen molar-refractivity contribution >= 4 is 0 Å². The van der Waals surface area contributed by atoms with Crippen LogP contribution in [-0.4, -0.2) is 16.5 Å². The number of nitrogens with two attached hydrogens (primary N) is 1. The van der Waals surface area contributed by atoms with Crippen molar-refractivity contribution in [2.45, 2.75) is 13.1 Å². The van der Waals surface area contributed by atoms with Crippen LogP contribution >= 0.6 is 0 Å². The summed E-state index contributed by atoms with van der Waals surface area (Å²) < 4.78 is 12.5. The van der Waals surface area contributed by atoms with Gasteiger partial charge in [0.05, 0.1) is 0 Å². The molecule has 0 aliphatic rings. The molecule has 16 heavy (non-hydrogen) atoms. The third kappa shape index (κ3) is 2.28. The number of benzene rings is 1. The van der Waals surface area contributed by atoms with Crippen LogP contribution in [0.2, 0.25) is 0 Å². The lowest BCUT2D eigenvalue weighted by molar-refractivity contribution is 0.485. The number of imidazole rings is 1. The average Bonchev–Trinajstić information content (AvgIpc) is 2.78. The van der Waals surface area contributed by atoms with Crippen LogP contribution in [0.25, 0.3) is 11.4 Å². The van der Waals surface area contributed by atoms with Crippen LogP contribution in [0.3, 0.4) is 0 Å². The molecule has 0 amide bonds. The van der Waals surface area contributed by atoms with E-state index < -0.39 is 6.67 Å². The zero-order valence-corrected chi connectivity index (χ0v) is 8.91. The average molecular weight is 219 g/mol. The van der Waals surface area contributed by atoms with Crippen LogP contribution < -0.4 is 5.73 Å². The number of nitrogens with one attached hydrogen (secondary N) is 1. The summed E-state index contributed by atoms with van der Waals surface area (Å²) in [7, 11) is 0. The molecule has 2 aromatic rings. The molecule has 84 valence electrons. The number of hydrogen-bond donors (Lipinski definition) is 2. The minimum Gasteiger partial charge on any atom is -0.342 e. The van der Waals surface area contributed by atoms with Gasteiger partial charge in [-0.05, 0) is 18.2 Å². The molecule has 4 heteroatoms. The molecule has 1 aromatic heterocycles. The van der Waals surface area contributed by atoms with E-state index in [9.17, 15) is 4.39 Å². The van der Waals surface area contributed by atoms with E-state index in [0.29, 0.717) is 12.1 Å². The molecule has 1 aromatic carbocycles. The Balaban J connectivity index is 2.27. The summed E-state index contributed by atoms with van der Waals surface area (Å²) in [5.74, 6) is 0.763. The van der Waals surface area contributed by atoms with E-state index in [0.717, 1.165) is 23.5 Å². The first-order valence-corrected chi connectivity index (χ1v) is 5.22. The lowest BCUT2D eigenvalue weighted by atomic mass is 10.1. The molecule has 2 rings (SSSR count). The smallest absolute Gasteiger partial charge is 0.137 e. The van der Waals surface area contributed by atoms with Crippen molar-refractivity contribution in [3.63, 3.8) is 0 Å². The van der Waals surface area contributed by atoms with Crippen molar-refractivity contribution in [3.8, 4) is 11.4 Å². The third-order valence-corrected chi connectivity index (χ3v) is 2.40. The van der Waals surface area contributed by atoms with Gasteiger partial charge in [-0.1, -0.05) is 18.2 Å². The molecule has 0 saturated carbocycles. The fourth-order valence-corrected chi connectivity index (χ4v) is 1.59. The van der Waals surface area contributed by atoms with E-state index in [1.165, 1.54) is 0 Å². The van der Waals surface area contributed by atoms with Gasteiger partial charge in [-0.25, -0.2) is 9.37 Å². The van der Waals surface area contributed by atoms with Gasteiger partial charge in [-0.3, -0.25) is 0 Å². The van der Waals surface area contributed by atoms with Gasteiger partial charge in [0.15, 0.2) is 0 Å². The van der Waals surface area contributed by atoms with Crippen molar-refractivity contribution in [1.29, 1.82) is 0 Å². The molecule has 3 nitrogen and oxygen atoms in total. The van der Waals surface area contributed by atoms with Crippen molar-refractivity contribution in [2.24, 2.45) is 5.73 Å². The van der Waals surface area contributed by atoms with E-state index in [2.05, 4.69) is 9.97 Å². The summed E-state index contributed by atoms with van der Waals surface area (Å²) >= 11 is 0. The second-order valence-corrected chi connectivity index (χ2v) is 3.63. The molecule has 0 radical (unpaired) electrons. The second-order valence-electron chi connectivity index (χ2n) is 3.63. The van der Waals surface area contributed by atoms with Crippen LogP contribution in [0.5, 0.6) is 0 Å². The Hall–Kier alpha value is -1.68. The molecule has 3 N–H and O–H groups in total. The standard InChI is InChI=1S/C12H14FN3/c13-7-9-2-1-3-10(6-9)12-15-8-11(16-12)4-5-14/h1-3,6,8H,4-5,7,14H2,(H,15,16). The van der Waals surface area contributed by atoms with Crippen molar-refractivity contribution in [2.75, 3.05) is 6.54 Å². The number of halogens is 1. The monoisotopic (exact) mass is 219 g/mol. The second kappa shape index (κ2) is 4.90. The fraction of sp³-hybridized carbons (Fsp3) is 0.250. The highest BCUT2D eigenvalue weighted by molar-refractivity contribution is 5.56. The maximum atomic E-state index is 12.5. The predicted molar refractivity (Wildman–Crippen MR) is 61.6 cm³/mol. The van der Waals surface area contributed by atoms with Gasteiger partial charge < -0.3 is 10.7 Å². The van der Waals surface area contributed by atoms with E-state index in [1.54, 1.807) is 18.3 Å². The first-order valence-electron chi connectivity index (χ1n) is 5.22. The van der Waals surface area contributed by atoms with Crippen molar-refractivity contribution in [3.05, 3.63) is 41.7 Å². The lowest BCUT2D eigenvalue weighted by Crippen LogP contribution is -2.02. The Labute approximate surface area is 93.5 Å². The fourth-order valence-electron chi connectivity index (χ4n) is 1.59. The number of H-pyrrole nitrogens is 1. The Morgan fingerprint density at radius 3 is 3.00 bits per heavy atom. The summed E-state index contributed by atoms with van der Waals surface area (Å²) in [6, 6.07) is 7.29. The van der Waals surface area contributed by atoms with Gasteiger partial charge in [-0.2, -0.15) is 0 Å². The molecule has 0 aliphatic heterocycles. The molecular formula is C12H14FN3. The third-order valence-electron chi connectivity index (χ3n) is 2.40. The number of aromatic amines is 1. The zero-order valence-electron chi connectivity index (χ0n) is 8.91. The molecule has 1 heterocycles. The SMILES string of the molecule is NCCc1cnc(-c2cccc(CF)c2)[nH]1. The number of alkyl halides is 1. The van der Waals surface area contributed by atoms with Crippen LogP contribution in [0.1, 0.15) is 11.3 Å². The quantitative estimate of drug-likeness (QED) is 0.826. The topological polar surface area (TPSA) is 54.7 Å². The van der Waals surface area contributed by atoms with E-state index in [-0.39, 0.29) is 0 Å². The minimum absolute atomic E-state index is 0.454. The van der Waals surface area contributed by atoms with Gasteiger partial charge >= 0.3 is 0 Å². The van der Waals surface area contributed by atoms with Gasteiger partial charge in [0.2, 0.25) is 0 Å². The molecule has 0 bridgehead atoms. The Bertz CT molecular complexity index is 465. The van der Waals surface area contributed by atoms with Crippen molar-refractivity contribution < 1.29 is 4.39 Å². The summed E-state index contributed by atoms with van der Waals surface area (Å²) in [5, 5.41) is 0. The number of aromatic nitrogens is 2. The van der Waals surface area contributed by atoms with E-state index in [1.807, 2.05) is 12.1 Å². The molecule has 0 fully saturated rings. The summed E-state index contributed by atoms with van der Waals surface area (Å²) in [5.41, 5.74) is 8.02. The number of nitrogens with zero attached hydrogens (tertiary/aromatic N) is 1. The zero-order chi connectivity index (χ0) is 11.4. The summed E-state index contributed by atoms with van der Waals surface area (Å²) in [6.45, 7) is 0.135. The Morgan fingerprint density at radius 1 is 1.38 bits per heavy atom. The van der Waals surface area contributed by atoms with Gasteiger partial charge in [-0.15, -0.1) is 0 Å². The molecule has 0 atom stereocenters. The summed E-state index contributed by atoms with van der Waals surface area (Å²) in [6.07, 6.45) is 2.54. The Kier molecular flexibility index (Phi) is 3.31. The van der Waals surface area contributed by atoms with Gasteiger partial charge in [0, 0.05) is 23.9 Å². The molecular weight excluding hydrogens is 205 g/mol. The van der Waals surface area contributed by atoms with Crippen LogP contribution in [0, 0.1) is 0 Å². The first-order chi connectivity index (χ1) is 7.83. The highest BCUT2D eigenvalue weighted by Crippen LogP contribution is 2.17. The minimum atomic E-state index is -0.454. The van der Waals surface area contributed by atoms with E-state index >= 15 is 0 Å². The van der Waals surface area contributed by atoms with Crippen molar-refractivity contribution in [1.82, 2.24) is 9.97 Å². The van der Waals surface area contributed by atoms with Crippen LogP contribution in [-0.2, 0) is 13.1 Å². The maximum Gasteiger partial charge on any atom is 0.137 e. The molecule has 0 aliphatic carbocycles. The molecule has 0 unspecified atom stereocenters. The highest BCUT2D eigenvalue weighted by atomic mass is 19.1. The maximum absolute atomic E-state index is 12.5. The Morgan fingerprint density at radius 2 is 2.25 bits per heavy atom. The normalized spacial score (nSPS) is 10.6. The first kappa shape index (κ1) is 10.8. The number of hydrogen-bond acceptors (Lipinski definition) is 2. The highest BCUT2D eigenvalue weighted by Gasteiger charge is 2.03. The van der Waals surface area contributed by atoms with E-state index in [4.69, 9.17) is 5.73 Å². The summed E-state index contributed by atoms with van der Waals surface area (Å²) in [4.78, 5) is 7.42. The molecule has 0 saturated heterocycles. The number of rotatable bonds is 4. The van der Waals surface area contributed by atoms with Gasteiger partial charge in [0.1, 0.15) is 12.5 Å². The lowest BCUT2D eigenvalue weighted by Gasteiger charge is -1.99. The molecule has 0 spiro atoms. The predicted octanol–water partition coefficient (Wildman–Crippen LogP) is 2.05. The van der Waals surface area contributed by atoms with Crippen LogP contribution in [0.15, 0.2) is 30.5 Å². The van der Waals surface area contributed by atoms with Crippen LogP contribution in [0.4, 0.5) is 4.39 Å².